The molecule has 3 aliphatic rings. The van der Waals surface area contributed by atoms with Gasteiger partial charge in [0.2, 0.25) is 5.95 Å². The molecule has 0 atom stereocenters. The van der Waals surface area contributed by atoms with Crippen LogP contribution in [0.3, 0.4) is 0 Å². The zero-order valence-electron chi connectivity index (χ0n) is 24.3. The first-order valence-corrected chi connectivity index (χ1v) is 14.9. The number of aromatic nitrogens is 3. The molecule has 3 aromatic rings. The molecule has 0 radical (unpaired) electrons. The summed E-state index contributed by atoms with van der Waals surface area (Å²) in [4.78, 5) is 33.3. The number of anilines is 3. The second-order valence-electron chi connectivity index (χ2n) is 11.0. The van der Waals surface area contributed by atoms with E-state index in [1.54, 1.807) is 6.20 Å². The van der Waals surface area contributed by atoms with Gasteiger partial charge in [-0.3, -0.25) is 4.98 Å². The van der Waals surface area contributed by atoms with Crippen LogP contribution in [0, 0.1) is 6.92 Å². The summed E-state index contributed by atoms with van der Waals surface area (Å²) in [6, 6.07) is 10.5. The fourth-order valence-electron chi connectivity index (χ4n) is 5.74. The molecule has 0 saturated carbocycles. The molecule has 0 spiro atoms. The van der Waals surface area contributed by atoms with Crippen molar-refractivity contribution in [1.82, 2.24) is 24.8 Å². The van der Waals surface area contributed by atoms with Crippen molar-refractivity contribution < 1.29 is 14.3 Å². The van der Waals surface area contributed by atoms with Gasteiger partial charge in [-0.05, 0) is 62.1 Å². The van der Waals surface area contributed by atoms with Crippen LogP contribution in [0.25, 0.3) is 11.3 Å². The molecule has 10 heteroatoms. The first-order chi connectivity index (χ1) is 20.6. The Balaban J connectivity index is 1.22. The van der Waals surface area contributed by atoms with Crippen LogP contribution < -0.4 is 10.2 Å². The molecular formula is C32H39N7O3. The van der Waals surface area contributed by atoms with Crippen LogP contribution in [0.1, 0.15) is 36.1 Å². The lowest BCUT2D eigenvalue weighted by molar-refractivity contribution is 0.138. The molecule has 10 nitrogen and oxygen atoms in total. The van der Waals surface area contributed by atoms with Gasteiger partial charge in [0.05, 0.1) is 37.8 Å². The average Bonchev–Trinajstić information content (AvgIpc) is 3.03. The third-order valence-electron chi connectivity index (χ3n) is 8.02. The fourth-order valence-corrected chi connectivity index (χ4v) is 5.74. The fraction of sp³-hybridized carbons (Fsp3) is 0.438. The van der Waals surface area contributed by atoms with Gasteiger partial charge in [-0.25, -0.2) is 14.8 Å². The quantitative estimate of drug-likeness (QED) is 0.413. The van der Waals surface area contributed by atoms with E-state index in [2.05, 4.69) is 38.4 Å². The second-order valence-corrected chi connectivity index (χ2v) is 11.0. The lowest BCUT2D eigenvalue weighted by Gasteiger charge is -2.40. The van der Waals surface area contributed by atoms with Crippen molar-refractivity contribution in [2.45, 2.75) is 39.4 Å². The highest BCUT2D eigenvalue weighted by Gasteiger charge is 2.27. The van der Waals surface area contributed by atoms with Crippen molar-refractivity contribution in [2.75, 3.05) is 62.7 Å². The number of nitrogens with one attached hydrogen (secondary N) is 1. The number of aryl methyl sites for hydroxylation is 1. The van der Waals surface area contributed by atoms with Gasteiger partial charge in [-0.2, -0.15) is 0 Å². The van der Waals surface area contributed by atoms with Gasteiger partial charge in [0.15, 0.2) is 0 Å². The minimum atomic E-state index is 0.188. The highest BCUT2D eigenvalue weighted by Crippen LogP contribution is 2.29. The molecule has 1 aromatic carbocycles. The minimum Gasteiger partial charge on any atom is -0.373 e. The maximum absolute atomic E-state index is 13.0. The van der Waals surface area contributed by atoms with Crippen molar-refractivity contribution in [3.05, 3.63) is 71.7 Å². The first kappa shape index (κ1) is 28.1. The van der Waals surface area contributed by atoms with Crippen LogP contribution >= 0.6 is 0 Å². The average molecular weight is 570 g/mol. The highest BCUT2D eigenvalue weighted by atomic mass is 16.5. The van der Waals surface area contributed by atoms with Gasteiger partial charge in [-0.1, -0.05) is 12.2 Å². The van der Waals surface area contributed by atoms with E-state index in [9.17, 15) is 4.79 Å². The summed E-state index contributed by atoms with van der Waals surface area (Å²) in [5.74, 6) is 0.527. The lowest BCUT2D eigenvalue weighted by atomic mass is 10.1. The summed E-state index contributed by atoms with van der Waals surface area (Å²) in [6.45, 7) is 8.62. The number of urea groups is 1. The van der Waals surface area contributed by atoms with Gasteiger partial charge in [0.1, 0.15) is 0 Å². The smallest absolute Gasteiger partial charge is 0.320 e. The van der Waals surface area contributed by atoms with Gasteiger partial charge >= 0.3 is 6.03 Å². The zero-order valence-corrected chi connectivity index (χ0v) is 24.3. The number of hydrogen-bond acceptors (Lipinski definition) is 8. The molecule has 6 rings (SSSR count). The number of benzene rings is 1. The topological polar surface area (TPSA) is 96.0 Å². The van der Waals surface area contributed by atoms with E-state index in [-0.39, 0.29) is 6.03 Å². The summed E-state index contributed by atoms with van der Waals surface area (Å²) in [5, 5.41) is 3.40. The number of ether oxygens (including phenoxy) is 2. The molecule has 0 aliphatic carbocycles. The summed E-state index contributed by atoms with van der Waals surface area (Å²) in [5.41, 5.74) is 6.77. The summed E-state index contributed by atoms with van der Waals surface area (Å²) in [7, 11) is 0. The normalized spacial score (nSPS) is 18.9. The largest absolute Gasteiger partial charge is 0.373 e. The molecule has 220 valence electrons. The van der Waals surface area contributed by atoms with E-state index in [4.69, 9.17) is 14.5 Å². The maximum Gasteiger partial charge on any atom is 0.320 e. The third-order valence-corrected chi connectivity index (χ3v) is 8.02. The first-order valence-electron chi connectivity index (χ1n) is 14.9. The Morgan fingerprint density at radius 1 is 0.857 bits per heavy atom. The standard InChI is InChI=1S/C32H39N7O3/c1-24-21-34-31-35-27-7-8-29(37-13-15-39(16-14-37)32(40)38-11-3-2-4-12-38)26(20-27)22-41-17-5-6-18-42-23-28-19-25(9-10-33-28)30(24)36-31/h5-10,19-21H,2-4,11-18,22-23H2,1H3,(H,34,35,36)/b6-5+. The van der Waals surface area contributed by atoms with Crippen molar-refractivity contribution in [3.8, 4) is 11.3 Å². The highest BCUT2D eigenvalue weighted by molar-refractivity contribution is 5.75. The van der Waals surface area contributed by atoms with Gasteiger partial charge in [-0.15, -0.1) is 0 Å². The molecule has 3 aliphatic heterocycles. The molecule has 5 heterocycles. The number of piperidine rings is 1. The summed E-state index contributed by atoms with van der Waals surface area (Å²) in [6.07, 6.45) is 11.0. The molecular weight excluding hydrogens is 530 g/mol. The number of fused-ring (bicyclic) bond motifs is 7. The molecule has 0 unspecified atom stereocenters. The Morgan fingerprint density at radius 3 is 2.43 bits per heavy atom. The Kier molecular flexibility index (Phi) is 8.91. The summed E-state index contributed by atoms with van der Waals surface area (Å²) >= 11 is 0. The van der Waals surface area contributed by atoms with Crippen molar-refractivity contribution in [2.24, 2.45) is 0 Å². The van der Waals surface area contributed by atoms with E-state index in [0.717, 1.165) is 91.6 Å². The Labute approximate surface area is 247 Å². The van der Waals surface area contributed by atoms with Crippen molar-refractivity contribution in [1.29, 1.82) is 0 Å². The predicted octanol–water partition coefficient (Wildman–Crippen LogP) is 4.92. The number of carbonyl (C=O) groups excluding carboxylic acids is 1. The second kappa shape index (κ2) is 13.3. The Morgan fingerprint density at radius 2 is 1.62 bits per heavy atom. The van der Waals surface area contributed by atoms with Crippen molar-refractivity contribution in [3.63, 3.8) is 0 Å². The minimum absolute atomic E-state index is 0.188. The molecule has 1 N–H and O–H groups in total. The van der Waals surface area contributed by atoms with Crippen LogP contribution in [-0.2, 0) is 22.7 Å². The summed E-state index contributed by atoms with van der Waals surface area (Å²) < 4.78 is 11.9. The van der Waals surface area contributed by atoms with E-state index in [0.29, 0.717) is 32.4 Å². The Hall–Kier alpha value is -4.02. The lowest BCUT2D eigenvalue weighted by Crippen LogP contribution is -2.53. The van der Waals surface area contributed by atoms with Gasteiger partial charge in [0.25, 0.3) is 0 Å². The van der Waals surface area contributed by atoms with Gasteiger partial charge < -0.3 is 29.5 Å². The monoisotopic (exact) mass is 569 g/mol. The number of rotatable bonds is 1. The molecule has 2 fully saturated rings. The van der Waals surface area contributed by atoms with Gasteiger partial charge in [0, 0.05) is 74.2 Å². The number of piperazine rings is 1. The van der Waals surface area contributed by atoms with Crippen LogP contribution in [-0.4, -0.2) is 83.3 Å². The number of carbonyl (C=O) groups is 1. The molecule has 2 saturated heterocycles. The Bertz CT molecular complexity index is 1410. The van der Waals surface area contributed by atoms with Crippen molar-refractivity contribution >= 4 is 23.4 Å². The number of pyridine rings is 1. The van der Waals surface area contributed by atoms with Crippen LogP contribution in [0.15, 0.2) is 54.9 Å². The molecule has 42 heavy (non-hydrogen) atoms. The van der Waals surface area contributed by atoms with Crippen LogP contribution in [0.5, 0.6) is 0 Å². The predicted molar refractivity (Wildman–Crippen MR) is 163 cm³/mol. The van der Waals surface area contributed by atoms with E-state index >= 15 is 0 Å². The van der Waals surface area contributed by atoms with E-state index in [1.165, 1.54) is 6.42 Å². The molecule has 2 amide bonds. The van der Waals surface area contributed by atoms with E-state index in [1.807, 2.05) is 47.2 Å². The number of hydrogen-bond donors (Lipinski definition) is 1. The SMILES string of the molecule is Cc1cnc2nc1-c1ccnc(c1)COC/C=C/COCc1cc(ccc1N1CCN(C(=O)N3CCCCC3)CC1)N2. The molecule has 2 aromatic heterocycles. The number of likely N-dealkylation sites (tertiary alicyclic amines) is 1. The third kappa shape index (κ3) is 6.71. The number of nitrogens with zero attached hydrogens (tertiary/aromatic N) is 6. The number of amides is 2. The van der Waals surface area contributed by atoms with Crippen LogP contribution in [0.4, 0.5) is 22.1 Å². The zero-order chi connectivity index (χ0) is 28.7. The van der Waals surface area contributed by atoms with E-state index < -0.39 is 0 Å². The maximum atomic E-state index is 13.0. The van der Waals surface area contributed by atoms with Crippen LogP contribution in [0.2, 0.25) is 0 Å². The molecule has 6 bridgehead atoms.